The quantitative estimate of drug-likeness (QED) is 0.0925. The Hall–Kier alpha value is -12.6. The van der Waals surface area contributed by atoms with Crippen molar-refractivity contribution in [3.63, 3.8) is 0 Å². The third-order valence-electron chi connectivity index (χ3n) is 17.5. The lowest BCUT2D eigenvalue weighted by Gasteiger charge is -2.23. The van der Waals surface area contributed by atoms with Crippen molar-refractivity contribution in [1.29, 1.82) is 0 Å². The molecule has 1 amide bonds. The number of benzene rings is 7. The van der Waals surface area contributed by atoms with Crippen LogP contribution in [-0.2, 0) is 0 Å². The molecule has 474 valence electrons. The second-order valence-electron chi connectivity index (χ2n) is 22.6. The second-order valence-corrected chi connectivity index (χ2v) is 22.6. The first kappa shape index (κ1) is 59.7. The van der Waals surface area contributed by atoms with E-state index in [1.165, 1.54) is 0 Å². The Morgan fingerprint density at radius 2 is 0.740 bits per heavy atom. The van der Waals surface area contributed by atoms with Gasteiger partial charge in [0.15, 0.2) is 0 Å². The number of methoxy groups -OCH3 is 9. The summed E-state index contributed by atoms with van der Waals surface area (Å²) in [6, 6.07) is 50.1. The summed E-state index contributed by atoms with van der Waals surface area (Å²) in [6.45, 7) is 0. The van der Waals surface area contributed by atoms with E-state index >= 15 is 4.79 Å². The number of aromatic nitrogens is 6. The van der Waals surface area contributed by atoms with Gasteiger partial charge in [-0.05, 0) is 78.9 Å². The first-order chi connectivity index (χ1) is 47.1. The van der Waals surface area contributed by atoms with Crippen molar-refractivity contribution in [2.24, 2.45) is 0 Å². The third-order valence-corrected chi connectivity index (χ3v) is 17.5. The molecule has 18 nitrogen and oxygen atoms in total. The maximum atomic E-state index is 15.9. The minimum Gasteiger partial charge on any atom is -0.496 e. The normalized spacial score (nSPS) is 11.8. The number of fused-ring (bicyclic) bond motifs is 13. The van der Waals surface area contributed by atoms with Crippen LogP contribution in [0, 0.1) is 0 Å². The molecule has 0 fully saturated rings. The van der Waals surface area contributed by atoms with Crippen molar-refractivity contribution in [2.75, 3.05) is 68.9 Å². The topological polar surface area (TPSA) is 200 Å². The van der Waals surface area contributed by atoms with E-state index in [1.54, 1.807) is 87.3 Å². The summed E-state index contributed by atoms with van der Waals surface area (Å²) in [7, 11) is 14.4. The molecule has 0 saturated carbocycles. The van der Waals surface area contributed by atoms with Gasteiger partial charge in [-0.2, -0.15) is 0 Å². The zero-order valence-corrected chi connectivity index (χ0v) is 53.7. The van der Waals surface area contributed by atoms with Gasteiger partial charge in [0.1, 0.15) is 62.9 Å². The Labute approximate surface area is 550 Å². The van der Waals surface area contributed by atoms with Crippen LogP contribution in [0.15, 0.2) is 175 Å². The highest BCUT2D eigenvalue weighted by atomic mass is 16.5. The minimum absolute atomic E-state index is 0.314. The molecule has 2 N–H and O–H groups in total. The van der Waals surface area contributed by atoms with Crippen LogP contribution in [-0.4, -0.2) is 99.8 Å². The average Bonchev–Trinajstić information content (AvgIpc) is 1.54. The van der Waals surface area contributed by atoms with E-state index < -0.39 is 0 Å². The number of hydrogen-bond donors (Lipinski definition) is 2. The van der Waals surface area contributed by atoms with Gasteiger partial charge in [0.2, 0.25) is 0 Å². The molecule has 0 unspecified atom stereocenters. The van der Waals surface area contributed by atoms with Crippen molar-refractivity contribution in [2.45, 2.75) is 0 Å². The molecular weight excluding hydrogens is 1210 g/mol. The number of nitrogens with zero attached hydrogens (tertiary/aromatic N) is 5. The number of carbonyl (C=O) groups excluding carboxylic acids is 1. The number of ether oxygens (including phenoxy) is 9. The lowest BCUT2D eigenvalue weighted by Crippen LogP contribution is -2.26. The van der Waals surface area contributed by atoms with E-state index in [4.69, 9.17) is 67.0 Å². The van der Waals surface area contributed by atoms with E-state index in [2.05, 4.69) is 9.97 Å². The van der Waals surface area contributed by atoms with Gasteiger partial charge in [0, 0.05) is 108 Å². The minimum atomic E-state index is -0.354. The van der Waals surface area contributed by atoms with Crippen LogP contribution in [0.25, 0.3) is 135 Å². The summed E-state index contributed by atoms with van der Waals surface area (Å²) in [5.41, 5.74) is 13.6. The van der Waals surface area contributed by atoms with Gasteiger partial charge in [-0.3, -0.25) is 19.7 Å². The fraction of sp³-hybridized carbons (Fsp3) is 0.115. The first-order valence-corrected chi connectivity index (χ1v) is 30.6. The Bertz CT molecular complexity index is 5370. The first-order valence-electron chi connectivity index (χ1n) is 30.6. The van der Waals surface area contributed by atoms with E-state index in [0.717, 1.165) is 27.2 Å². The number of H-pyrrole nitrogens is 2. The molecule has 2 aliphatic heterocycles. The summed E-state index contributed by atoms with van der Waals surface area (Å²) in [5, 5.41) is 3.20. The summed E-state index contributed by atoms with van der Waals surface area (Å²) < 4.78 is 62.1. The molecule has 13 aromatic rings. The van der Waals surface area contributed by atoms with E-state index in [9.17, 15) is 0 Å². The molecule has 0 aliphatic carbocycles. The van der Waals surface area contributed by atoms with E-state index in [1.807, 2.05) is 176 Å². The van der Waals surface area contributed by atoms with Crippen molar-refractivity contribution < 1.29 is 51.8 Å². The van der Waals surface area contributed by atoms with Gasteiger partial charge in [-0.15, -0.1) is 0 Å². The number of carbonyl (C=O) groups is 1. The Morgan fingerprint density at radius 3 is 1.14 bits per heavy atom. The molecule has 15 rings (SSSR count). The molecule has 0 saturated heterocycles. The van der Waals surface area contributed by atoms with Crippen LogP contribution < -0.4 is 47.5 Å². The highest BCUT2D eigenvalue weighted by molar-refractivity contribution is 6.21. The Morgan fingerprint density at radius 1 is 0.375 bits per heavy atom. The molecule has 8 bridgehead atoms. The molecular formula is C78H61N7O11. The maximum absolute atomic E-state index is 15.9. The number of para-hydroxylation sites is 4. The number of nitrogens with one attached hydrogen (secondary N) is 2. The van der Waals surface area contributed by atoms with Crippen LogP contribution in [0.5, 0.6) is 51.7 Å². The standard InChI is InChI=1S/C78H61N7O11/c1-87-46-34-63(90-4)73(64(35-46)91-5)70-57-26-24-55(81-57)69(51-20-14-18-49-50-19-15-21-52(77(50)96-76(49)51)78(86)85(44-32-42-16-10-12-22-53(42)79-40-44)45-33-43-17-11-13-23-54(43)80-41-45)56-25-27-58(82-56)71(74-65(92-6)36-47(88-2)37-66(74)93-7)60-29-31-62(84-60)72(61-30-28-59(70)83-61)75-67(94-8)38-48(89-3)39-68(75)95-9/h10-41,81,84H,1-9H3. The molecule has 96 heavy (non-hydrogen) atoms. The van der Waals surface area contributed by atoms with Gasteiger partial charge in [0.05, 0.1) is 144 Å². The number of pyridine rings is 2. The molecule has 0 atom stereocenters. The summed E-state index contributed by atoms with van der Waals surface area (Å²) in [6.07, 6.45) is 11.3. The van der Waals surface area contributed by atoms with Crippen LogP contribution in [0.1, 0.15) is 33.1 Å². The summed E-state index contributed by atoms with van der Waals surface area (Å²) in [4.78, 5) is 46.1. The number of anilines is 2. The predicted octanol–water partition coefficient (Wildman–Crippen LogP) is 17.4. The lowest BCUT2D eigenvalue weighted by atomic mass is 10.00. The highest BCUT2D eigenvalue weighted by Crippen LogP contribution is 2.51. The number of hydrogen-bond acceptors (Lipinski definition) is 15. The lowest BCUT2D eigenvalue weighted by molar-refractivity contribution is 0.1000. The smallest absolute Gasteiger partial charge is 0.266 e. The maximum Gasteiger partial charge on any atom is 0.266 e. The monoisotopic (exact) mass is 1270 g/mol. The molecule has 8 heterocycles. The van der Waals surface area contributed by atoms with Gasteiger partial charge < -0.3 is 57.0 Å². The number of furan rings is 1. The summed E-state index contributed by atoms with van der Waals surface area (Å²) in [5.74, 6) is 3.95. The number of aromatic amines is 2. The Balaban J connectivity index is 1.06. The van der Waals surface area contributed by atoms with Gasteiger partial charge in [0.25, 0.3) is 5.91 Å². The molecule has 7 aromatic carbocycles. The largest absolute Gasteiger partial charge is 0.496 e. The summed E-state index contributed by atoms with van der Waals surface area (Å²) >= 11 is 0. The number of rotatable bonds is 16. The van der Waals surface area contributed by atoms with Gasteiger partial charge >= 0.3 is 0 Å². The number of amides is 1. The average molecular weight is 1270 g/mol. The van der Waals surface area contributed by atoms with Crippen molar-refractivity contribution in [1.82, 2.24) is 29.9 Å². The van der Waals surface area contributed by atoms with Crippen molar-refractivity contribution in [3.05, 3.63) is 198 Å². The molecule has 18 heteroatoms. The second kappa shape index (κ2) is 24.5. The fourth-order valence-corrected chi connectivity index (χ4v) is 13.1. The van der Waals surface area contributed by atoms with E-state index in [0.29, 0.717) is 175 Å². The van der Waals surface area contributed by atoms with Crippen LogP contribution >= 0.6 is 0 Å². The fourth-order valence-electron chi connectivity index (χ4n) is 13.1. The zero-order valence-electron chi connectivity index (χ0n) is 53.7. The molecule has 6 aromatic heterocycles. The third kappa shape index (κ3) is 10.0. The van der Waals surface area contributed by atoms with Crippen molar-refractivity contribution >= 4 is 107 Å². The zero-order chi connectivity index (χ0) is 65.9. The van der Waals surface area contributed by atoms with Gasteiger partial charge in [-0.1, -0.05) is 66.7 Å². The van der Waals surface area contributed by atoms with Crippen LogP contribution in [0.2, 0.25) is 0 Å². The highest BCUT2D eigenvalue weighted by Gasteiger charge is 2.30. The predicted molar refractivity (Wildman–Crippen MR) is 377 cm³/mol. The SMILES string of the molecule is COc1cc(OC)c(-c2c3nc(c(-c4c(OC)cc(OC)cc4OC)c4ccc([nH]4)c(-c4cccc5c4oc4c(C(=O)N(c6cnc7ccccc7c6)c6cnc7ccccc7c6)cccc45)c4nc(c(-c5c(OC)cc(OC)cc5OC)c5ccc2[nH]5)C=C4)C=C3)c(OC)c1. The van der Waals surface area contributed by atoms with Crippen LogP contribution in [0.4, 0.5) is 11.4 Å². The molecule has 0 spiro atoms. The molecule has 2 aliphatic rings. The van der Waals surface area contributed by atoms with Crippen LogP contribution in [0.3, 0.4) is 0 Å². The van der Waals surface area contributed by atoms with Crippen molar-refractivity contribution in [3.8, 4) is 96.3 Å². The Kier molecular flexibility index (Phi) is 15.2. The van der Waals surface area contributed by atoms with E-state index in [-0.39, 0.29) is 5.91 Å². The molecule has 0 radical (unpaired) electrons. The van der Waals surface area contributed by atoms with Gasteiger partial charge in [-0.25, -0.2) is 9.97 Å².